The van der Waals surface area contributed by atoms with Crippen molar-refractivity contribution >= 4 is 6.41 Å². The fourth-order valence-electron chi connectivity index (χ4n) is 3.33. The molecule has 0 saturated heterocycles. The van der Waals surface area contributed by atoms with Gasteiger partial charge in [0.2, 0.25) is 6.41 Å². The highest BCUT2D eigenvalue weighted by Crippen LogP contribution is 2.34. The van der Waals surface area contributed by atoms with Crippen molar-refractivity contribution in [2.45, 2.75) is 38.6 Å². The summed E-state index contributed by atoms with van der Waals surface area (Å²) in [5.41, 5.74) is 3.34. The average Bonchev–Trinajstić information content (AvgIpc) is 2.60. The molecular weight excluding hydrogens is 301 g/mol. The second-order valence-electron chi connectivity index (χ2n) is 6.78. The number of amides is 1. The van der Waals surface area contributed by atoms with E-state index >= 15 is 0 Å². The molecule has 1 fully saturated rings. The van der Waals surface area contributed by atoms with E-state index in [0.29, 0.717) is 6.54 Å². The maximum atomic E-state index is 13.0. The molecule has 1 amide bonds. The zero-order chi connectivity index (χ0) is 16.9. The highest BCUT2D eigenvalue weighted by Gasteiger charge is 2.27. The van der Waals surface area contributed by atoms with Gasteiger partial charge in [0.25, 0.3) is 0 Å². The lowest BCUT2D eigenvalue weighted by molar-refractivity contribution is -0.119. The Bertz CT molecular complexity index is 678. The molecule has 1 aliphatic heterocycles. The van der Waals surface area contributed by atoms with Gasteiger partial charge in [-0.05, 0) is 41.2 Å². The Labute approximate surface area is 143 Å². The Morgan fingerprint density at radius 1 is 1.08 bits per heavy atom. The van der Waals surface area contributed by atoms with Gasteiger partial charge in [0.05, 0.1) is 6.04 Å². The van der Waals surface area contributed by atoms with Crippen molar-refractivity contribution in [1.29, 1.82) is 0 Å². The van der Waals surface area contributed by atoms with Crippen molar-refractivity contribution in [1.82, 2.24) is 4.90 Å². The summed E-state index contributed by atoms with van der Waals surface area (Å²) < 4.78 is 13.0. The van der Waals surface area contributed by atoms with E-state index in [1.807, 2.05) is 18.2 Å². The van der Waals surface area contributed by atoms with Crippen molar-refractivity contribution in [3.8, 4) is 0 Å². The molecule has 0 N–H and O–H groups in total. The summed E-state index contributed by atoms with van der Waals surface area (Å²) in [5, 5.41) is 0. The summed E-state index contributed by atoms with van der Waals surface area (Å²) in [6.45, 7) is 3.01. The van der Waals surface area contributed by atoms with E-state index in [4.69, 9.17) is 0 Å². The van der Waals surface area contributed by atoms with Crippen molar-refractivity contribution in [3.05, 3.63) is 71.0 Å². The van der Waals surface area contributed by atoms with Gasteiger partial charge in [-0.2, -0.15) is 0 Å². The van der Waals surface area contributed by atoms with E-state index in [0.717, 1.165) is 29.9 Å². The standard InChI is InChI=1S/C16H14FNO.C5H10/c17-14-7-5-13(6-8-14)16-15-4-2-1-3-12(15)9-10-18(16)11-19;1-5-3-2-4-5/h1-8,11,16H,9-10H2;5H,2-4H2,1H3/t16-;/m0./s1. The predicted molar refractivity (Wildman–Crippen MR) is 94.2 cm³/mol. The Kier molecular flexibility index (Phi) is 5.29. The third-order valence-electron chi connectivity index (χ3n) is 5.04. The first-order valence-corrected chi connectivity index (χ1v) is 8.73. The van der Waals surface area contributed by atoms with Gasteiger partial charge >= 0.3 is 0 Å². The number of benzene rings is 2. The summed E-state index contributed by atoms with van der Waals surface area (Å²) in [4.78, 5) is 13.0. The molecular formula is C21H24FNO. The van der Waals surface area contributed by atoms with Crippen molar-refractivity contribution < 1.29 is 9.18 Å². The number of fused-ring (bicyclic) bond motifs is 1. The Hall–Kier alpha value is -2.16. The van der Waals surface area contributed by atoms with Gasteiger partial charge in [0, 0.05) is 6.54 Å². The molecule has 2 nitrogen and oxygen atoms in total. The zero-order valence-corrected chi connectivity index (χ0v) is 14.1. The molecule has 2 aliphatic rings. The van der Waals surface area contributed by atoms with Crippen LogP contribution < -0.4 is 0 Å². The summed E-state index contributed by atoms with van der Waals surface area (Å²) in [5.74, 6) is 0.806. The highest BCUT2D eigenvalue weighted by atomic mass is 19.1. The number of hydrogen-bond acceptors (Lipinski definition) is 1. The lowest BCUT2D eigenvalue weighted by atomic mass is 9.88. The summed E-state index contributed by atoms with van der Waals surface area (Å²) in [6.07, 6.45) is 6.21. The summed E-state index contributed by atoms with van der Waals surface area (Å²) >= 11 is 0. The number of nitrogens with zero attached hydrogens (tertiary/aromatic N) is 1. The molecule has 0 unspecified atom stereocenters. The van der Waals surface area contributed by atoms with Crippen LogP contribution in [0.1, 0.15) is 48.9 Å². The van der Waals surface area contributed by atoms with Crippen LogP contribution in [-0.2, 0) is 11.2 Å². The first-order valence-electron chi connectivity index (χ1n) is 8.73. The van der Waals surface area contributed by atoms with Gasteiger partial charge in [-0.15, -0.1) is 0 Å². The van der Waals surface area contributed by atoms with Gasteiger partial charge in [0.1, 0.15) is 5.82 Å². The van der Waals surface area contributed by atoms with Crippen LogP contribution in [-0.4, -0.2) is 17.9 Å². The first-order chi connectivity index (χ1) is 11.7. The second kappa shape index (κ2) is 7.61. The first kappa shape index (κ1) is 16.7. The monoisotopic (exact) mass is 325 g/mol. The molecule has 2 aromatic rings. The van der Waals surface area contributed by atoms with E-state index in [1.54, 1.807) is 17.0 Å². The lowest BCUT2D eigenvalue weighted by Gasteiger charge is -2.35. The molecule has 24 heavy (non-hydrogen) atoms. The molecule has 1 heterocycles. The number of carbonyl (C=O) groups excluding carboxylic acids is 1. The van der Waals surface area contributed by atoms with Crippen LogP contribution in [0.5, 0.6) is 0 Å². The number of halogens is 1. The molecule has 0 radical (unpaired) electrons. The molecule has 2 aromatic carbocycles. The normalized spacial score (nSPS) is 19.6. The van der Waals surface area contributed by atoms with E-state index in [-0.39, 0.29) is 11.9 Å². The van der Waals surface area contributed by atoms with Crippen molar-refractivity contribution in [2.75, 3.05) is 6.54 Å². The molecule has 0 bridgehead atoms. The molecule has 126 valence electrons. The van der Waals surface area contributed by atoms with E-state index in [2.05, 4.69) is 13.0 Å². The topological polar surface area (TPSA) is 20.3 Å². The smallest absolute Gasteiger partial charge is 0.210 e. The molecule has 1 aliphatic carbocycles. The number of hydrogen-bond donors (Lipinski definition) is 0. The van der Waals surface area contributed by atoms with Gasteiger partial charge in [-0.1, -0.05) is 62.6 Å². The van der Waals surface area contributed by atoms with Crippen LogP contribution in [0.3, 0.4) is 0 Å². The fraction of sp³-hybridized carbons (Fsp3) is 0.381. The van der Waals surface area contributed by atoms with Crippen LogP contribution >= 0.6 is 0 Å². The van der Waals surface area contributed by atoms with Gasteiger partial charge in [0.15, 0.2) is 0 Å². The minimum Gasteiger partial charge on any atom is -0.334 e. The molecule has 1 saturated carbocycles. The van der Waals surface area contributed by atoms with Gasteiger partial charge in [-0.3, -0.25) is 4.79 Å². The van der Waals surface area contributed by atoms with Crippen LogP contribution in [0.2, 0.25) is 0 Å². The average molecular weight is 325 g/mol. The van der Waals surface area contributed by atoms with E-state index in [9.17, 15) is 9.18 Å². The second-order valence-corrected chi connectivity index (χ2v) is 6.78. The van der Waals surface area contributed by atoms with Gasteiger partial charge in [-0.25, -0.2) is 4.39 Å². The fourth-order valence-corrected chi connectivity index (χ4v) is 3.33. The minimum absolute atomic E-state index is 0.108. The van der Waals surface area contributed by atoms with Crippen molar-refractivity contribution in [2.24, 2.45) is 5.92 Å². The van der Waals surface area contributed by atoms with Crippen LogP contribution in [0.25, 0.3) is 0 Å². The van der Waals surface area contributed by atoms with Crippen LogP contribution in [0.4, 0.5) is 4.39 Å². The van der Waals surface area contributed by atoms with Gasteiger partial charge < -0.3 is 4.90 Å². The third kappa shape index (κ3) is 3.66. The highest BCUT2D eigenvalue weighted by molar-refractivity contribution is 5.54. The molecule has 0 spiro atoms. The van der Waals surface area contributed by atoms with Crippen molar-refractivity contribution in [3.63, 3.8) is 0 Å². The predicted octanol–water partition coefficient (Wildman–Crippen LogP) is 4.74. The Morgan fingerprint density at radius 3 is 2.33 bits per heavy atom. The largest absolute Gasteiger partial charge is 0.334 e. The maximum absolute atomic E-state index is 13.0. The summed E-state index contributed by atoms with van der Waals surface area (Å²) in [6, 6.07) is 14.4. The number of rotatable bonds is 2. The Morgan fingerprint density at radius 2 is 1.75 bits per heavy atom. The molecule has 3 heteroatoms. The SMILES string of the molecule is CC1CCC1.O=CN1CCc2ccccc2[C@@H]1c1ccc(F)cc1. The zero-order valence-electron chi connectivity index (χ0n) is 14.1. The molecule has 4 rings (SSSR count). The van der Waals surface area contributed by atoms with E-state index in [1.165, 1.54) is 37.0 Å². The lowest BCUT2D eigenvalue weighted by Crippen LogP contribution is -2.34. The third-order valence-corrected chi connectivity index (χ3v) is 5.04. The minimum atomic E-state index is -0.259. The number of carbonyl (C=O) groups is 1. The molecule has 1 atom stereocenters. The molecule has 0 aromatic heterocycles. The maximum Gasteiger partial charge on any atom is 0.210 e. The van der Waals surface area contributed by atoms with Crippen LogP contribution in [0, 0.1) is 11.7 Å². The Balaban J connectivity index is 0.000000290. The quantitative estimate of drug-likeness (QED) is 0.731. The summed E-state index contributed by atoms with van der Waals surface area (Å²) in [7, 11) is 0. The van der Waals surface area contributed by atoms with E-state index < -0.39 is 0 Å². The van der Waals surface area contributed by atoms with Crippen LogP contribution in [0.15, 0.2) is 48.5 Å².